The van der Waals surface area contributed by atoms with Gasteiger partial charge in [-0.15, -0.1) is 0 Å². The second-order valence-electron chi connectivity index (χ2n) is 4.81. The number of primary amides is 1. The first-order chi connectivity index (χ1) is 10.6. The summed E-state index contributed by atoms with van der Waals surface area (Å²) >= 11 is 0. The van der Waals surface area contributed by atoms with Gasteiger partial charge >= 0.3 is 0 Å². The van der Waals surface area contributed by atoms with Crippen molar-refractivity contribution >= 4 is 22.9 Å². The highest BCUT2D eigenvalue weighted by molar-refractivity contribution is 5.82. The van der Waals surface area contributed by atoms with E-state index >= 15 is 0 Å². The molecule has 0 aliphatic rings. The summed E-state index contributed by atoms with van der Waals surface area (Å²) in [6.07, 6.45) is 1.45. The van der Waals surface area contributed by atoms with Crippen LogP contribution in [0, 0.1) is 0 Å². The van der Waals surface area contributed by atoms with Gasteiger partial charge in [-0.05, 0) is 19.1 Å². The molecule has 2 aromatic heterocycles. The van der Waals surface area contributed by atoms with Crippen molar-refractivity contribution in [3.63, 3.8) is 0 Å². The van der Waals surface area contributed by atoms with E-state index in [1.165, 1.54) is 6.20 Å². The van der Waals surface area contributed by atoms with Gasteiger partial charge in [0, 0.05) is 0 Å². The third-order valence-electron chi connectivity index (χ3n) is 3.22. The van der Waals surface area contributed by atoms with Crippen molar-refractivity contribution in [1.29, 1.82) is 0 Å². The molecule has 0 bridgehead atoms. The maximum absolute atomic E-state index is 12.1. The van der Waals surface area contributed by atoms with E-state index in [0.29, 0.717) is 11.0 Å². The van der Waals surface area contributed by atoms with E-state index in [2.05, 4.69) is 20.4 Å². The highest BCUT2D eigenvalue weighted by atomic mass is 16.1. The van der Waals surface area contributed by atoms with Crippen LogP contribution in [0.1, 0.15) is 6.92 Å². The molecule has 112 valence electrons. The van der Waals surface area contributed by atoms with Crippen molar-refractivity contribution < 1.29 is 4.79 Å². The Balaban J connectivity index is 2.12. The van der Waals surface area contributed by atoms with Crippen molar-refractivity contribution in [2.75, 3.05) is 5.32 Å². The first kappa shape index (κ1) is 13.8. The molecule has 0 fully saturated rings. The Morgan fingerprint density at radius 2 is 2.09 bits per heavy atom. The molecule has 0 saturated heterocycles. The minimum Gasteiger partial charge on any atom is -0.368 e. The van der Waals surface area contributed by atoms with Gasteiger partial charge < -0.3 is 11.1 Å². The maximum atomic E-state index is 12.1. The van der Waals surface area contributed by atoms with Crippen LogP contribution in [0.2, 0.25) is 0 Å². The molecule has 1 atom stereocenters. The summed E-state index contributed by atoms with van der Waals surface area (Å²) in [5.74, 6) is -0.374. The number of hydrogen-bond donors (Lipinski definition) is 3. The van der Waals surface area contributed by atoms with Crippen molar-refractivity contribution in [3.8, 4) is 5.69 Å². The second-order valence-corrected chi connectivity index (χ2v) is 4.81. The van der Waals surface area contributed by atoms with Crippen LogP contribution in [0.3, 0.4) is 0 Å². The number of nitrogens with zero attached hydrogens (tertiary/aromatic N) is 3. The zero-order valence-corrected chi connectivity index (χ0v) is 11.8. The van der Waals surface area contributed by atoms with E-state index in [-0.39, 0.29) is 11.5 Å². The van der Waals surface area contributed by atoms with Crippen molar-refractivity contribution in [1.82, 2.24) is 19.7 Å². The van der Waals surface area contributed by atoms with E-state index in [4.69, 9.17) is 5.73 Å². The molecule has 0 saturated carbocycles. The molecule has 0 aliphatic heterocycles. The fourth-order valence-electron chi connectivity index (χ4n) is 2.02. The number of hydrogen-bond acceptors (Lipinski definition) is 5. The molecule has 3 aromatic rings. The Bertz CT molecular complexity index is 883. The molecule has 1 amide bonds. The van der Waals surface area contributed by atoms with Gasteiger partial charge in [0.2, 0.25) is 11.9 Å². The summed E-state index contributed by atoms with van der Waals surface area (Å²) in [6.45, 7) is 1.58. The summed E-state index contributed by atoms with van der Waals surface area (Å²) in [5, 5.41) is 7.32. The standard InChI is InChI=1S/C14H14N6O2/c1-8(11(15)21)17-14-18-12-10(13(22)19-14)7-16-20(12)9-5-3-2-4-6-9/h2-8H,1H3,(H2,15,21)(H2,17,18,19,22). The third kappa shape index (κ3) is 2.41. The molecule has 22 heavy (non-hydrogen) atoms. The smallest absolute Gasteiger partial charge is 0.263 e. The topological polar surface area (TPSA) is 119 Å². The largest absolute Gasteiger partial charge is 0.368 e. The number of H-pyrrole nitrogens is 1. The summed E-state index contributed by atoms with van der Waals surface area (Å²) < 4.78 is 1.56. The number of nitrogens with two attached hydrogens (primary N) is 1. The van der Waals surface area contributed by atoms with Gasteiger partial charge in [-0.2, -0.15) is 10.1 Å². The Hall–Kier alpha value is -3.16. The van der Waals surface area contributed by atoms with E-state index in [0.717, 1.165) is 5.69 Å². The lowest BCUT2D eigenvalue weighted by molar-refractivity contribution is -0.118. The molecule has 0 aliphatic carbocycles. The maximum Gasteiger partial charge on any atom is 0.263 e. The van der Waals surface area contributed by atoms with Crippen LogP contribution in [0.5, 0.6) is 0 Å². The van der Waals surface area contributed by atoms with Crippen LogP contribution >= 0.6 is 0 Å². The van der Waals surface area contributed by atoms with Crippen molar-refractivity contribution in [2.45, 2.75) is 13.0 Å². The zero-order chi connectivity index (χ0) is 15.7. The second kappa shape index (κ2) is 5.32. The molecule has 4 N–H and O–H groups in total. The monoisotopic (exact) mass is 298 g/mol. The molecule has 0 spiro atoms. The highest BCUT2D eigenvalue weighted by Gasteiger charge is 2.14. The van der Waals surface area contributed by atoms with Crippen LogP contribution < -0.4 is 16.6 Å². The van der Waals surface area contributed by atoms with Crippen molar-refractivity contribution in [3.05, 3.63) is 46.9 Å². The van der Waals surface area contributed by atoms with Gasteiger partial charge in [0.05, 0.1) is 11.9 Å². The van der Waals surface area contributed by atoms with Crippen molar-refractivity contribution in [2.24, 2.45) is 5.73 Å². The summed E-state index contributed by atoms with van der Waals surface area (Å²) in [7, 11) is 0. The van der Waals surface area contributed by atoms with Gasteiger partial charge in [0.25, 0.3) is 5.56 Å². The number of rotatable bonds is 4. The SMILES string of the molecule is CC(Nc1nc2c(cnn2-c2ccccc2)c(=O)[nH]1)C(N)=O. The minimum absolute atomic E-state index is 0.168. The van der Waals surface area contributed by atoms with Crippen LogP contribution in [-0.2, 0) is 4.79 Å². The molecule has 0 radical (unpaired) electrons. The normalized spacial score (nSPS) is 12.2. The Morgan fingerprint density at radius 1 is 1.36 bits per heavy atom. The minimum atomic E-state index is -0.659. The van der Waals surface area contributed by atoms with Gasteiger partial charge in [-0.25, -0.2) is 4.68 Å². The number of fused-ring (bicyclic) bond motifs is 1. The van der Waals surface area contributed by atoms with Crippen LogP contribution in [0.25, 0.3) is 16.7 Å². The van der Waals surface area contributed by atoms with E-state index < -0.39 is 11.9 Å². The molecule has 3 rings (SSSR count). The van der Waals surface area contributed by atoms with Gasteiger partial charge in [-0.3, -0.25) is 14.6 Å². The van der Waals surface area contributed by atoms with Gasteiger partial charge in [-0.1, -0.05) is 18.2 Å². The number of carbonyl (C=O) groups is 1. The Labute approximate surface area is 125 Å². The third-order valence-corrected chi connectivity index (χ3v) is 3.22. The lowest BCUT2D eigenvalue weighted by Crippen LogP contribution is -2.33. The van der Waals surface area contributed by atoms with Gasteiger partial charge in [0.15, 0.2) is 5.65 Å². The quantitative estimate of drug-likeness (QED) is 0.644. The average Bonchev–Trinajstić information content (AvgIpc) is 2.92. The fourth-order valence-corrected chi connectivity index (χ4v) is 2.02. The van der Waals surface area contributed by atoms with Crippen LogP contribution in [0.4, 0.5) is 5.95 Å². The molecular formula is C14H14N6O2. The summed E-state index contributed by atoms with van der Waals surface area (Å²) in [6, 6.07) is 8.67. The lowest BCUT2D eigenvalue weighted by Gasteiger charge is -2.10. The lowest BCUT2D eigenvalue weighted by atomic mass is 10.3. The molecule has 1 unspecified atom stereocenters. The highest BCUT2D eigenvalue weighted by Crippen LogP contribution is 2.14. The van der Waals surface area contributed by atoms with E-state index in [1.54, 1.807) is 11.6 Å². The average molecular weight is 298 g/mol. The number of carbonyl (C=O) groups excluding carboxylic acids is 1. The predicted molar refractivity (Wildman–Crippen MR) is 81.8 cm³/mol. The number of para-hydroxylation sites is 1. The fraction of sp³-hybridized carbons (Fsp3) is 0.143. The first-order valence-corrected chi connectivity index (χ1v) is 6.65. The predicted octanol–water partition coefficient (Wildman–Crippen LogP) is 0.394. The van der Waals surface area contributed by atoms with E-state index in [1.807, 2.05) is 30.3 Å². The van der Waals surface area contributed by atoms with Gasteiger partial charge in [0.1, 0.15) is 11.4 Å². The molecule has 2 heterocycles. The molecule has 8 nitrogen and oxygen atoms in total. The number of benzene rings is 1. The number of amides is 1. The molecule has 1 aromatic carbocycles. The molecular weight excluding hydrogens is 284 g/mol. The Kier molecular flexibility index (Phi) is 3.34. The summed E-state index contributed by atoms with van der Waals surface area (Å²) in [4.78, 5) is 30.1. The first-order valence-electron chi connectivity index (χ1n) is 6.65. The van der Waals surface area contributed by atoms with Crippen LogP contribution in [0.15, 0.2) is 41.3 Å². The Morgan fingerprint density at radius 3 is 2.77 bits per heavy atom. The number of nitrogens with one attached hydrogen (secondary N) is 2. The zero-order valence-electron chi connectivity index (χ0n) is 11.8. The van der Waals surface area contributed by atoms with E-state index in [9.17, 15) is 9.59 Å². The summed E-state index contributed by atoms with van der Waals surface area (Å²) in [5.41, 5.74) is 6.03. The number of aromatic amines is 1. The van der Waals surface area contributed by atoms with Crippen LogP contribution in [-0.4, -0.2) is 31.7 Å². The number of aromatic nitrogens is 4. The molecule has 8 heteroatoms. The number of anilines is 1.